The minimum atomic E-state index is -0.0544. The van der Waals surface area contributed by atoms with Crippen LogP contribution in [-0.4, -0.2) is 17.4 Å². The van der Waals surface area contributed by atoms with Gasteiger partial charge in [-0.05, 0) is 45.8 Å². The molecule has 0 fully saturated rings. The zero-order valence-corrected chi connectivity index (χ0v) is 13.0. The number of halogens is 1. The summed E-state index contributed by atoms with van der Waals surface area (Å²) in [5.74, 6) is 1.57. The lowest BCUT2D eigenvalue weighted by Gasteiger charge is -2.25. The molecule has 4 heteroatoms. The molecule has 0 unspecified atom stereocenters. The van der Waals surface area contributed by atoms with E-state index in [0.29, 0.717) is 29.9 Å². The molecule has 0 saturated heterocycles. The highest BCUT2D eigenvalue weighted by atomic mass is 79.9. The van der Waals surface area contributed by atoms with Crippen LogP contribution in [0.2, 0.25) is 0 Å². The highest BCUT2D eigenvalue weighted by molar-refractivity contribution is 9.10. The van der Waals surface area contributed by atoms with E-state index in [1.54, 1.807) is 18.3 Å². The lowest BCUT2D eigenvalue weighted by atomic mass is 9.85. The van der Waals surface area contributed by atoms with Crippen LogP contribution >= 0.6 is 15.9 Å². The van der Waals surface area contributed by atoms with Crippen LogP contribution in [0.5, 0.6) is 0 Å². The fourth-order valence-electron chi connectivity index (χ4n) is 2.06. The molecule has 0 spiro atoms. The van der Waals surface area contributed by atoms with Crippen molar-refractivity contribution < 1.29 is 4.79 Å². The van der Waals surface area contributed by atoms with Crippen molar-refractivity contribution in [2.24, 2.45) is 17.8 Å². The Labute approximate surface area is 118 Å². The summed E-state index contributed by atoms with van der Waals surface area (Å²) in [4.78, 5) is 16.0. The van der Waals surface area contributed by atoms with E-state index in [0.717, 1.165) is 4.60 Å². The molecule has 1 rings (SSSR count). The van der Waals surface area contributed by atoms with Gasteiger partial charge in [0.1, 0.15) is 4.60 Å². The number of hydrogen-bond acceptors (Lipinski definition) is 2. The number of carbonyl (C=O) groups excluding carboxylic acids is 1. The van der Waals surface area contributed by atoms with Crippen LogP contribution in [0.4, 0.5) is 0 Å². The molecule has 0 aliphatic carbocycles. The normalized spacial score (nSPS) is 11.3. The largest absolute Gasteiger partial charge is 0.352 e. The topological polar surface area (TPSA) is 42.0 Å². The van der Waals surface area contributed by atoms with E-state index in [1.807, 2.05) is 0 Å². The smallest absolute Gasteiger partial charge is 0.252 e. The molecule has 1 aromatic heterocycles. The average Bonchev–Trinajstić information content (AvgIpc) is 2.28. The Bertz CT molecular complexity index is 379. The van der Waals surface area contributed by atoms with E-state index >= 15 is 0 Å². The van der Waals surface area contributed by atoms with E-state index in [2.05, 4.69) is 53.9 Å². The number of aromatic nitrogens is 1. The van der Waals surface area contributed by atoms with Gasteiger partial charge in [0.2, 0.25) is 0 Å². The third kappa shape index (κ3) is 4.41. The Morgan fingerprint density at radius 1 is 1.28 bits per heavy atom. The molecule has 0 aromatic carbocycles. The number of carbonyl (C=O) groups is 1. The fraction of sp³-hybridized carbons (Fsp3) is 0.571. The Balaban J connectivity index is 2.57. The molecule has 18 heavy (non-hydrogen) atoms. The summed E-state index contributed by atoms with van der Waals surface area (Å²) in [6, 6.07) is 3.55. The van der Waals surface area contributed by atoms with Gasteiger partial charge in [-0.25, -0.2) is 4.98 Å². The van der Waals surface area contributed by atoms with Crippen LogP contribution in [0.25, 0.3) is 0 Å². The van der Waals surface area contributed by atoms with E-state index in [4.69, 9.17) is 0 Å². The fourth-order valence-corrected chi connectivity index (χ4v) is 2.30. The lowest BCUT2D eigenvalue weighted by Crippen LogP contribution is -2.33. The van der Waals surface area contributed by atoms with Gasteiger partial charge >= 0.3 is 0 Å². The molecule has 0 saturated carbocycles. The molecule has 1 amide bonds. The van der Waals surface area contributed by atoms with Gasteiger partial charge in [0, 0.05) is 12.7 Å². The van der Waals surface area contributed by atoms with E-state index in [1.165, 1.54) is 0 Å². The SMILES string of the molecule is CC(C)C(CNC(=O)c1ccc(Br)nc1)C(C)C. The number of nitrogens with zero attached hydrogens (tertiary/aromatic N) is 1. The third-order valence-corrected chi connectivity index (χ3v) is 3.67. The van der Waals surface area contributed by atoms with Crippen LogP contribution in [0.15, 0.2) is 22.9 Å². The maximum Gasteiger partial charge on any atom is 0.252 e. The Morgan fingerprint density at radius 2 is 1.89 bits per heavy atom. The van der Waals surface area contributed by atoms with Crippen molar-refractivity contribution in [1.29, 1.82) is 0 Å². The summed E-state index contributed by atoms with van der Waals surface area (Å²) in [5, 5.41) is 2.99. The van der Waals surface area contributed by atoms with Crippen molar-refractivity contribution in [3.8, 4) is 0 Å². The second kappa shape index (κ2) is 6.88. The summed E-state index contributed by atoms with van der Waals surface area (Å²) in [6.07, 6.45) is 1.58. The van der Waals surface area contributed by atoms with Crippen molar-refractivity contribution >= 4 is 21.8 Å². The predicted molar refractivity (Wildman–Crippen MR) is 77.4 cm³/mol. The first-order chi connectivity index (χ1) is 8.41. The van der Waals surface area contributed by atoms with Gasteiger partial charge in [0.15, 0.2) is 0 Å². The van der Waals surface area contributed by atoms with E-state index in [9.17, 15) is 4.79 Å². The monoisotopic (exact) mass is 312 g/mol. The minimum absolute atomic E-state index is 0.0544. The van der Waals surface area contributed by atoms with Gasteiger partial charge in [-0.3, -0.25) is 4.79 Å². The van der Waals surface area contributed by atoms with Crippen molar-refractivity contribution in [1.82, 2.24) is 10.3 Å². The summed E-state index contributed by atoms with van der Waals surface area (Å²) in [5.41, 5.74) is 0.601. The maximum atomic E-state index is 11.9. The lowest BCUT2D eigenvalue weighted by molar-refractivity contribution is 0.0937. The van der Waals surface area contributed by atoms with Crippen molar-refractivity contribution in [2.45, 2.75) is 27.7 Å². The van der Waals surface area contributed by atoms with Gasteiger partial charge in [-0.2, -0.15) is 0 Å². The first kappa shape index (κ1) is 15.2. The summed E-state index contributed by atoms with van der Waals surface area (Å²) >= 11 is 3.25. The molecule has 1 N–H and O–H groups in total. The van der Waals surface area contributed by atoms with E-state index in [-0.39, 0.29) is 5.91 Å². The van der Waals surface area contributed by atoms with Crippen LogP contribution in [-0.2, 0) is 0 Å². The number of rotatable bonds is 5. The number of amides is 1. The maximum absolute atomic E-state index is 11.9. The molecule has 0 aliphatic heterocycles. The zero-order valence-electron chi connectivity index (χ0n) is 11.4. The van der Waals surface area contributed by atoms with Gasteiger partial charge < -0.3 is 5.32 Å². The first-order valence-corrected chi connectivity index (χ1v) is 7.11. The Hall–Kier alpha value is -0.900. The average molecular weight is 313 g/mol. The summed E-state index contributed by atoms with van der Waals surface area (Å²) in [6.45, 7) is 9.48. The Morgan fingerprint density at radius 3 is 2.33 bits per heavy atom. The standard InChI is InChI=1S/C14H21BrN2O/c1-9(2)12(10(3)4)8-17-14(18)11-5-6-13(15)16-7-11/h5-7,9-10,12H,8H2,1-4H3,(H,17,18). The molecule has 1 aromatic rings. The second-order valence-electron chi connectivity index (χ2n) is 5.23. The van der Waals surface area contributed by atoms with Crippen LogP contribution in [0, 0.1) is 17.8 Å². The van der Waals surface area contributed by atoms with Gasteiger partial charge in [-0.1, -0.05) is 27.7 Å². The Kier molecular flexibility index (Phi) is 5.79. The summed E-state index contributed by atoms with van der Waals surface area (Å²) in [7, 11) is 0. The second-order valence-corrected chi connectivity index (χ2v) is 6.04. The first-order valence-electron chi connectivity index (χ1n) is 6.31. The highest BCUT2D eigenvalue weighted by Crippen LogP contribution is 2.19. The van der Waals surface area contributed by atoms with Gasteiger partial charge in [0.25, 0.3) is 5.91 Å². The number of nitrogens with one attached hydrogen (secondary N) is 1. The van der Waals surface area contributed by atoms with Crippen LogP contribution in [0.1, 0.15) is 38.1 Å². The zero-order chi connectivity index (χ0) is 13.7. The van der Waals surface area contributed by atoms with E-state index < -0.39 is 0 Å². The molecule has 0 bridgehead atoms. The molecule has 3 nitrogen and oxygen atoms in total. The molecule has 100 valence electrons. The third-order valence-electron chi connectivity index (χ3n) is 3.20. The van der Waals surface area contributed by atoms with Crippen molar-refractivity contribution in [2.75, 3.05) is 6.54 Å². The number of hydrogen-bond donors (Lipinski definition) is 1. The molecule has 1 heterocycles. The number of pyridine rings is 1. The van der Waals surface area contributed by atoms with Gasteiger partial charge in [0.05, 0.1) is 5.56 Å². The predicted octanol–water partition coefficient (Wildman–Crippen LogP) is 3.50. The molecule has 0 aliphatic rings. The molecule has 0 radical (unpaired) electrons. The minimum Gasteiger partial charge on any atom is -0.352 e. The molecular formula is C14H21BrN2O. The molecular weight excluding hydrogens is 292 g/mol. The highest BCUT2D eigenvalue weighted by Gasteiger charge is 2.18. The summed E-state index contributed by atoms with van der Waals surface area (Å²) < 4.78 is 0.737. The van der Waals surface area contributed by atoms with Gasteiger partial charge in [-0.15, -0.1) is 0 Å². The van der Waals surface area contributed by atoms with Crippen LogP contribution < -0.4 is 5.32 Å². The van der Waals surface area contributed by atoms with Crippen molar-refractivity contribution in [3.05, 3.63) is 28.5 Å². The van der Waals surface area contributed by atoms with Crippen LogP contribution in [0.3, 0.4) is 0 Å². The molecule has 0 atom stereocenters. The quantitative estimate of drug-likeness (QED) is 0.845. The van der Waals surface area contributed by atoms with Crippen molar-refractivity contribution in [3.63, 3.8) is 0 Å².